The van der Waals surface area contributed by atoms with Gasteiger partial charge in [0.2, 0.25) is 5.82 Å². The Morgan fingerprint density at radius 3 is 2.57 bits per heavy atom. The standard InChI is InChI=1S/C8H15N5O/c1-7(2)5(9)4-8(7,14)6-10-12-13(3)11-6/h5,14H,4,9H2,1-3H3. The molecule has 78 valence electrons. The minimum atomic E-state index is -1.03. The van der Waals surface area contributed by atoms with Crippen molar-refractivity contribution in [2.45, 2.75) is 31.9 Å². The Labute approximate surface area is 82.1 Å². The molecule has 2 unspecified atom stereocenters. The lowest BCUT2D eigenvalue weighted by Crippen LogP contribution is -2.65. The van der Waals surface area contributed by atoms with Crippen LogP contribution in [0.15, 0.2) is 0 Å². The summed E-state index contributed by atoms with van der Waals surface area (Å²) in [6.45, 7) is 3.83. The highest BCUT2D eigenvalue weighted by molar-refractivity contribution is 5.18. The monoisotopic (exact) mass is 197 g/mol. The molecule has 0 saturated heterocycles. The molecular weight excluding hydrogens is 182 g/mol. The van der Waals surface area contributed by atoms with Crippen molar-refractivity contribution in [1.29, 1.82) is 0 Å². The molecule has 6 heteroatoms. The average molecular weight is 197 g/mol. The van der Waals surface area contributed by atoms with E-state index in [0.29, 0.717) is 12.2 Å². The third kappa shape index (κ3) is 0.949. The molecule has 2 atom stereocenters. The maximum atomic E-state index is 10.3. The predicted molar refractivity (Wildman–Crippen MR) is 49.1 cm³/mol. The van der Waals surface area contributed by atoms with E-state index in [1.165, 1.54) is 4.80 Å². The molecule has 14 heavy (non-hydrogen) atoms. The van der Waals surface area contributed by atoms with E-state index in [2.05, 4.69) is 15.4 Å². The highest BCUT2D eigenvalue weighted by atomic mass is 16.3. The lowest BCUT2D eigenvalue weighted by molar-refractivity contribution is -0.176. The van der Waals surface area contributed by atoms with Crippen LogP contribution in [-0.2, 0) is 12.6 Å². The first-order chi connectivity index (χ1) is 6.38. The number of hydrogen-bond donors (Lipinski definition) is 2. The zero-order valence-electron chi connectivity index (χ0n) is 8.60. The van der Waals surface area contributed by atoms with Crippen LogP contribution in [0.1, 0.15) is 26.1 Å². The molecule has 1 heterocycles. The quantitative estimate of drug-likeness (QED) is 0.612. The number of rotatable bonds is 1. The summed E-state index contributed by atoms with van der Waals surface area (Å²) in [5.41, 5.74) is 4.41. The molecule has 1 saturated carbocycles. The average Bonchev–Trinajstić information content (AvgIpc) is 2.52. The van der Waals surface area contributed by atoms with Gasteiger partial charge in [0.05, 0.1) is 7.05 Å². The molecule has 1 aliphatic carbocycles. The third-order valence-corrected chi connectivity index (χ3v) is 3.39. The van der Waals surface area contributed by atoms with Gasteiger partial charge < -0.3 is 10.8 Å². The smallest absolute Gasteiger partial charge is 0.206 e. The first-order valence-corrected chi connectivity index (χ1v) is 4.60. The van der Waals surface area contributed by atoms with Crippen molar-refractivity contribution in [3.8, 4) is 0 Å². The molecule has 0 aromatic carbocycles. The highest BCUT2D eigenvalue weighted by Crippen LogP contribution is 2.53. The summed E-state index contributed by atoms with van der Waals surface area (Å²) in [6, 6.07) is -0.0173. The fourth-order valence-corrected chi connectivity index (χ4v) is 1.84. The van der Waals surface area contributed by atoms with Gasteiger partial charge in [0.15, 0.2) is 0 Å². The van der Waals surface area contributed by atoms with Gasteiger partial charge >= 0.3 is 0 Å². The molecule has 1 aromatic heterocycles. The summed E-state index contributed by atoms with van der Waals surface area (Å²) in [5, 5.41) is 21.9. The van der Waals surface area contributed by atoms with E-state index < -0.39 is 11.0 Å². The minimum absolute atomic E-state index is 0.0173. The van der Waals surface area contributed by atoms with Crippen LogP contribution < -0.4 is 5.73 Å². The molecule has 0 radical (unpaired) electrons. The van der Waals surface area contributed by atoms with Crippen molar-refractivity contribution >= 4 is 0 Å². The van der Waals surface area contributed by atoms with Crippen LogP contribution in [0.4, 0.5) is 0 Å². The number of tetrazole rings is 1. The van der Waals surface area contributed by atoms with Crippen molar-refractivity contribution in [3.63, 3.8) is 0 Å². The SMILES string of the molecule is Cn1nnc(C2(O)CC(N)C2(C)C)n1. The number of nitrogens with two attached hydrogens (primary N) is 1. The molecule has 1 aliphatic rings. The van der Waals surface area contributed by atoms with Gasteiger partial charge in [0.25, 0.3) is 0 Å². The Kier molecular flexibility index (Phi) is 1.71. The minimum Gasteiger partial charge on any atom is -0.381 e. The summed E-state index contributed by atoms with van der Waals surface area (Å²) in [6.07, 6.45) is 0.492. The summed E-state index contributed by atoms with van der Waals surface area (Å²) >= 11 is 0. The topological polar surface area (TPSA) is 89.8 Å². The largest absolute Gasteiger partial charge is 0.381 e. The van der Waals surface area contributed by atoms with Crippen LogP contribution in [0.2, 0.25) is 0 Å². The van der Waals surface area contributed by atoms with Gasteiger partial charge in [0, 0.05) is 11.5 Å². The van der Waals surface area contributed by atoms with E-state index in [1.807, 2.05) is 13.8 Å². The summed E-state index contributed by atoms with van der Waals surface area (Å²) < 4.78 is 0. The van der Waals surface area contributed by atoms with Crippen LogP contribution in [0.25, 0.3) is 0 Å². The maximum Gasteiger partial charge on any atom is 0.206 e. The predicted octanol–water partition coefficient (Wildman–Crippen LogP) is -0.845. The first kappa shape index (κ1) is 9.54. The first-order valence-electron chi connectivity index (χ1n) is 4.60. The van der Waals surface area contributed by atoms with Gasteiger partial charge in [-0.1, -0.05) is 13.8 Å². The van der Waals surface area contributed by atoms with Gasteiger partial charge in [-0.25, -0.2) is 0 Å². The molecular formula is C8H15N5O. The number of aromatic nitrogens is 4. The number of hydrogen-bond acceptors (Lipinski definition) is 5. The van der Waals surface area contributed by atoms with Crippen LogP contribution >= 0.6 is 0 Å². The van der Waals surface area contributed by atoms with Crippen molar-refractivity contribution in [1.82, 2.24) is 20.2 Å². The van der Waals surface area contributed by atoms with Crippen LogP contribution in [0.3, 0.4) is 0 Å². The second-order valence-corrected chi connectivity index (χ2v) is 4.50. The maximum absolute atomic E-state index is 10.3. The number of aliphatic hydroxyl groups is 1. The fraction of sp³-hybridized carbons (Fsp3) is 0.875. The van der Waals surface area contributed by atoms with Gasteiger partial charge in [-0.3, -0.25) is 0 Å². The second-order valence-electron chi connectivity index (χ2n) is 4.50. The Hall–Kier alpha value is -1.01. The van der Waals surface area contributed by atoms with Crippen molar-refractivity contribution < 1.29 is 5.11 Å². The summed E-state index contributed by atoms with van der Waals surface area (Å²) in [7, 11) is 1.67. The molecule has 0 bridgehead atoms. The van der Waals surface area contributed by atoms with E-state index in [1.54, 1.807) is 7.05 Å². The Morgan fingerprint density at radius 1 is 1.57 bits per heavy atom. The van der Waals surface area contributed by atoms with E-state index in [9.17, 15) is 5.11 Å². The summed E-state index contributed by atoms with van der Waals surface area (Å²) in [5.74, 6) is 0.367. The lowest BCUT2D eigenvalue weighted by atomic mass is 9.55. The zero-order valence-corrected chi connectivity index (χ0v) is 8.60. The van der Waals surface area contributed by atoms with Gasteiger partial charge in [-0.05, 0) is 11.6 Å². The van der Waals surface area contributed by atoms with Crippen molar-refractivity contribution in [2.24, 2.45) is 18.2 Å². The highest BCUT2D eigenvalue weighted by Gasteiger charge is 2.61. The lowest BCUT2D eigenvalue weighted by Gasteiger charge is -2.55. The normalized spacial score (nSPS) is 35.4. The molecule has 6 nitrogen and oxygen atoms in total. The molecule has 0 spiro atoms. The molecule has 0 amide bonds. The zero-order chi connectivity index (χ0) is 10.6. The van der Waals surface area contributed by atoms with E-state index >= 15 is 0 Å². The van der Waals surface area contributed by atoms with Crippen LogP contribution in [0, 0.1) is 5.41 Å². The molecule has 0 aliphatic heterocycles. The van der Waals surface area contributed by atoms with Crippen LogP contribution in [0.5, 0.6) is 0 Å². The number of aryl methyl sites for hydroxylation is 1. The Balaban J connectivity index is 2.36. The molecule has 1 fully saturated rings. The van der Waals surface area contributed by atoms with Gasteiger partial charge in [-0.2, -0.15) is 4.80 Å². The van der Waals surface area contributed by atoms with E-state index in [-0.39, 0.29) is 6.04 Å². The third-order valence-electron chi connectivity index (χ3n) is 3.39. The van der Waals surface area contributed by atoms with Gasteiger partial charge in [-0.15, -0.1) is 10.2 Å². The van der Waals surface area contributed by atoms with E-state index in [4.69, 9.17) is 5.73 Å². The second kappa shape index (κ2) is 2.52. The fourth-order valence-electron chi connectivity index (χ4n) is 1.84. The van der Waals surface area contributed by atoms with Crippen molar-refractivity contribution in [2.75, 3.05) is 0 Å². The molecule has 2 rings (SSSR count). The van der Waals surface area contributed by atoms with Gasteiger partial charge in [0.1, 0.15) is 5.60 Å². The van der Waals surface area contributed by atoms with Crippen LogP contribution in [-0.4, -0.2) is 31.4 Å². The molecule has 1 aromatic rings. The Bertz CT molecular complexity index is 360. The van der Waals surface area contributed by atoms with Crippen molar-refractivity contribution in [3.05, 3.63) is 5.82 Å². The number of nitrogens with zero attached hydrogens (tertiary/aromatic N) is 4. The summed E-state index contributed by atoms with van der Waals surface area (Å²) in [4.78, 5) is 1.34. The van der Waals surface area contributed by atoms with E-state index in [0.717, 1.165) is 0 Å². The molecule has 3 N–H and O–H groups in total. The Morgan fingerprint density at radius 2 is 2.21 bits per heavy atom.